The Bertz CT molecular complexity index is 253. The summed E-state index contributed by atoms with van der Waals surface area (Å²) >= 11 is 0. The van der Waals surface area contributed by atoms with E-state index in [9.17, 15) is 5.11 Å². The molecule has 1 unspecified atom stereocenters. The molecule has 0 heterocycles. The molecular formula is C14H25NO. The van der Waals surface area contributed by atoms with Gasteiger partial charge in [-0.05, 0) is 75.5 Å². The van der Waals surface area contributed by atoms with Crippen LogP contribution in [-0.4, -0.2) is 16.7 Å². The molecule has 4 aliphatic rings. The third kappa shape index (κ3) is 1.62. The number of rotatable bonds is 2. The van der Waals surface area contributed by atoms with Gasteiger partial charge in [-0.2, -0.15) is 0 Å². The highest BCUT2D eigenvalue weighted by atomic mass is 16.3. The van der Waals surface area contributed by atoms with Gasteiger partial charge in [-0.25, -0.2) is 0 Å². The minimum absolute atomic E-state index is 0.0255. The molecule has 1 atom stereocenters. The molecule has 0 amide bonds. The molecule has 0 radical (unpaired) electrons. The minimum Gasteiger partial charge on any atom is -0.389 e. The summed E-state index contributed by atoms with van der Waals surface area (Å²) in [5, 5.41) is 10.1. The Labute approximate surface area is 98.6 Å². The van der Waals surface area contributed by atoms with Crippen molar-refractivity contribution in [2.75, 3.05) is 0 Å². The lowest BCUT2D eigenvalue weighted by molar-refractivity contribution is -0.0839. The van der Waals surface area contributed by atoms with E-state index in [1.165, 1.54) is 32.1 Å². The maximum absolute atomic E-state index is 10.1. The van der Waals surface area contributed by atoms with Crippen molar-refractivity contribution in [1.29, 1.82) is 0 Å². The van der Waals surface area contributed by atoms with Crippen LogP contribution in [0.25, 0.3) is 0 Å². The normalized spacial score (nSPS) is 48.4. The maximum atomic E-state index is 10.1. The van der Waals surface area contributed by atoms with Gasteiger partial charge in [0.1, 0.15) is 0 Å². The van der Waals surface area contributed by atoms with E-state index in [2.05, 4.69) is 0 Å². The number of hydrogen-bond acceptors (Lipinski definition) is 2. The van der Waals surface area contributed by atoms with Crippen molar-refractivity contribution < 1.29 is 5.11 Å². The van der Waals surface area contributed by atoms with E-state index in [0.717, 1.165) is 23.7 Å². The molecule has 0 aromatic heterocycles. The van der Waals surface area contributed by atoms with Gasteiger partial charge in [-0.15, -0.1) is 0 Å². The molecule has 0 saturated heterocycles. The highest BCUT2D eigenvalue weighted by Gasteiger charge is 2.51. The van der Waals surface area contributed by atoms with Gasteiger partial charge in [0.05, 0.1) is 5.60 Å². The second kappa shape index (κ2) is 3.46. The molecule has 0 aromatic rings. The average molecular weight is 223 g/mol. The van der Waals surface area contributed by atoms with Crippen LogP contribution in [-0.2, 0) is 0 Å². The summed E-state index contributed by atoms with van der Waals surface area (Å²) < 4.78 is 0. The van der Waals surface area contributed by atoms with Crippen LogP contribution >= 0.6 is 0 Å². The number of hydrogen-bond donors (Lipinski definition) is 2. The van der Waals surface area contributed by atoms with Gasteiger partial charge in [0.15, 0.2) is 0 Å². The molecule has 0 aromatic carbocycles. The zero-order valence-corrected chi connectivity index (χ0v) is 10.5. The minimum atomic E-state index is -0.708. The topological polar surface area (TPSA) is 46.2 Å². The van der Waals surface area contributed by atoms with Crippen molar-refractivity contribution in [3.8, 4) is 0 Å². The van der Waals surface area contributed by atoms with Crippen molar-refractivity contribution in [2.45, 2.75) is 57.6 Å². The van der Waals surface area contributed by atoms with Crippen LogP contribution in [0.1, 0.15) is 46.0 Å². The van der Waals surface area contributed by atoms with Gasteiger partial charge < -0.3 is 10.8 Å². The van der Waals surface area contributed by atoms with Gasteiger partial charge in [0.25, 0.3) is 0 Å². The fourth-order valence-corrected chi connectivity index (χ4v) is 5.02. The fraction of sp³-hybridized carbons (Fsp3) is 1.00. The molecule has 2 heteroatoms. The van der Waals surface area contributed by atoms with E-state index in [1.807, 2.05) is 13.8 Å². The van der Waals surface area contributed by atoms with E-state index in [4.69, 9.17) is 5.73 Å². The van der Waals surface area contributed by atoms with Crippen LogP contribution in [0.3, 0.4) is 0 Å². The lowest BCUT2D eigenvalue weighted by Gasteiger charge is -2.57. The van der Waals surface area contributed by atoms with Crippen molar-refractivity contribution in [2.24, 2.45) is 35.3 Å². The fourth-order valence-electron chi connectivity index (χ4n) is 5.02. The molecule has 16 heavy (non-hydrogen) atoms. The Balaban J connectivity index is 1.81. The van der Waals surface area contributed by atoms with Crippen molar-refractivity contribution in [3.63, 3.8) is 0 Å². The Hall–Kier alpha value is -0.0800. The number of aliphatic hydroxyl groups is 1. The summed E-state index contributed by atoms with van der Waals surface area (Å²) in [5.41, 5.74) is 5.62. The van der Waals surface area contributed by atoms with Crippen molar-refractivity contribution in [3.05, 3.63) is 0 Å². The molecule has 0 aliphatic heterocycles. The number of nitrogens with two attached hydrogens (primary N) is 1. The van der Waals surface area contributed by atoms with Crippen LogP contribution in [0.2, 0.25) is 0 Å². The predicted molar refractivity (Wildman–Crippen MR) is 64.8 cm³/mol. The summed E-state index contributed by atoms with van der Waals surface area (Å²) in [5.74, 6) is 4.21. The molecule has 4 rings (SSSR count). The molecule has 0 spiro atoms. The van der Waals surface area contributed by atoms with Gasteiger partial charge in [-0.1, -0.05) is 0 Å². The van der Waals surface area contributed by atoms with E-state index in [1.54, 1.807) is 0 Å². The van der Waals surface area contributed by atoms with Crippen LogP contribution in [0, 0.1) is 29.6 Å². The van der Waals surface area contributed by atoms with Crippen LogP contribution in [0.4, 0.5) is 0 Å². The van der Waals surface area contributed by atoms with Gasteiger partial charge in [0.2, 0.25) is 0 Å². The van der Waals surface area contributed by atoms with Crippen LogP contribution < -0.4 is 5.73 Å². The largest absolute Gasteiger partial charge is 0.389 e. The smallest absolute Gasteiger partial charge is 0.0744 e. The Morgan fingerprint density at radius 3 is 1.81 bits per heavy atom. The lowest BCUT2D eigenvalue weighted by Crippen LogP contribution is -2.58. The highest BCUT2D eigenvalue weighted by molar-refractivity contribution is 5.03. The molecule has 3 N–H and O–H groups in total. The third-order valence-corrected chi connectivity index (χ3v) is 5.53. The predicted octanol–water partition coefficient (Wildman–Crippen LogP) is 2.16. The van der Waals surface area contributed by atoms with Gasteiger partial charge in [0, 0.05) is 6.04 Å². The summed E-state index contributed by atoms with van der Waals surface area (Å²) in [6.07, 6.45) is 7.04. The first kappa shape index (κ1) is 11.0. The third-order valence-electron chi connectivity index (χ3n) is 5.53. The summed E-state index contributed by atoms with van der Waals surface area (Å²) in [6, 6.07) is -0.0255. The first-order valence-corrected chi connectivity index (χ1v) is 6.93. The van der Waals surface area contributed by atoms with Gasteiger partial charge >= 0.3 is 0 Å². The summed E-state index contributed by atoms with van der Waals surface area (Å²) in [6.45, 7) is 3.76. The average Bonchev–Trinajstić information content (AvgIpc) is 2.13. The van der Waals surface area contributed by atoms with Crippen LogP contribution in [0.5, 0.6) is 0 Å². The molecular weight excluding hydrogens is 198 g/mol. The van der Waals surface area contributed by atoms with Gasteiger partial charge in [-0.3, -0.25) is 0 Å². The summed E-state index contributed by atoms with van der Waals surface area (Å²) in [7, 11) is 0. The van der Waals surface area contributed by atoms with E-state index < -0.39 is 5.60 Å². The Morgan fingerprint density at radius 1 is 1.00 bits per heavy atom. The summed E-state index contributed by atoms with van der Waals surface area (Å²) in [4.78, 5) is 0. The second-order valence-electron chi connectivity index (χ2n) is 7.19. The van der Waals surface area contributed by atoms with Crippen molar-refractivity contribution in [1.82, 2.24) is 0 Å². The molecule has 4 aliphatic carbocycles. The van der Waals surface area contributed by atoms with Crippen LogP contribution in [0.15, 0.2) is 0 Å². The molecule has 92 valence electrons. The first-order valence-electron chi connectivity index (χ1n) is 6.93. The van der Waals surface area contributed by atoms with E-state index >= 15 is 0 Å². The monoisotopic (exact) mass is 223 g/mol. The molecule has 4 bridgehead atoms. The first-order chi connectivity index (χ1) is 7.45. The van der Waals surface area contributed by atoms with E-state index in [0.29, 0.717) is 5.92 Å². The van der Waals surface area contributed by atoms with E-state index in [-0.39, 0.29) is 6.04 Å². The Kier molecular flexibility index (Phi) is 2.38. The second-order valence-corrected chi connectivity index (χ2v) is 7.19. The zero-order chi connectivity index (χ0) is 11.5. The highest BCUT2D eigenvalue weighted by Crippen LogP contribution is 2.57. The lowest BCUT2D eigenvalue weighted by atomic mass is 9.49. The zero-order valence-electron chi connectivity index (χ0n) is 10.5. The molecule has 2 nitrogen and oxygen atoms in total. The maximum Gasteiger partial charge on any atom is 0.0744 e. The standard InChI is InChI=1S/C14H25NO/c1-14(2,16)13(15)12-10-4-8-3-9(6-10)7-11(12)5-8/h8-13,16H,3-7,15H2,1-2H3. The Morgan fingerprint density at radius 2 is 1.44 bits per heavy atom. The molecule has 4 fully saturated rings. The SMILES string of the molecule is CC(C)(O)C(N)C1C2CC3CC(C2)CC1C3. The molecule has 4 saturated carbocycles. The quantitative estimate of drug-likeness (QED) is 0.753. The van der Waals surface area contributed by atoms with Crippen molar-refractivity contribution >= 4 is 0 Å².